The van der Waals surface area contributed by atoms with Crippen LogP contribution in [0.4, 0.5) is 0 Å². The van der Waals surface area contributed by atoms with Crippen molar-refractivity contribution in [2.45, 2.75) is 45.1 Å². The van der Waals surface area contributed by atoms with Gasteiger partial charge in [-0.05, 0) is 78.8 Å². The molecular weight excluding hydrogens is 412 g/mol. The predicted octanol–water partition coefficient (Wildman–Crippen LogP) is 6.40. The van der Waals surface area contributed by atoms with E-state index in [9.17, 15) is 4.79 Å². The van der Waals surface area contributed by atoms with Gasteiger partial charge in [0, 0.05) is 0 Å². The summed E-state index contributed by atoms with van der Waals surface area (Å²) in [6, 6.07) is 22.3. The van der Waals surface area contributed by atoms with E-state index >= 15 is 0 Å². The quantitative estimate of drug-likeness (QED) is 0.412. The van der Waals surface area contributed by atoms with E-state index < -0.39 is 5.97 Å². The Kier molecular flexibility index (Phi) is 7.00. The third-order valence-electron chi connectivity index (χ3n) is 5.93. The highest BCUT2D eigenvalue weighted by Crippen LogP contribution is 2.40. The van der Waals surface area contributed by atoms with E-state index in [2.05, 4.69) is 42.2 Å². The van der Waals surface area contributed by atoms with Gasteiger partial charge >= 0.3 is 5.97 Å². The molecule has 0 saturated heterocycles. The first-order valence-electron chi connectivity index (χ1n) is 11.3. The Bertz CT molecular complexity index is 1180. The molecule has 0 amide bonds. The third kappa shape index (κ3) is 5.21. The number of aliphatic carboxylic acids is 1. The molecule has 0 saturated carbocycles. The fourth-order valence-corrected chi connectivity index (χ4v) is 4.47. The summed E-state index contributed by atoms with van der Waals surface area (Å²) >= 11 is 0. The van der Waals surface area contributed by atoms with Gasteiger partial charge in [-0.25, -0.2) is 0 Å². The van der Waals surface area contributed by atoms with Gasteiger partial charge in [0.05, 0.1) is 18.9 Å². The normalized spacial score (nSPS) is 15.2. The number of fused-ring (bicyclic) bond motifs is 1. The van der Waals surface area contributed by atoms with Crippen molar-refractivity contribution >= 4 is 5.97 Å². The van der Waals surface area contributed by atoms with Gasteiger partial charge in [-0.1, -0.05) is 48.4 Å². The summed E-state index contributed by atoms with van der Waals surface area (Å²) < 4.78 is 12.0. The van der Waals surface area contributed by atoms with Crippen LogP contribution in [0.2, 0.25) is 0 Å². The smallest absolute Gasteiger partial charge is 0.304 e. The topological polar surface area (TPSA) is 55.8 Å². The van der Waals surface area contributed by atoms with Gasteiger partial charge in [0.15, 0.2) is 0 Å². The van der Waals surface area contributed by atoms with E-state index in [0.29, 0.717) is 6.61 Å². The molecule has 0 heterocycles. The number of benzene rings is 3. The predicted molar refractivity (Wildman–Crippen MR) is 130 cm³/mol. The first kappa shape index (κ1) is 22.5. The summed E-state index contributed by atoms with van der Waals surface area (Å²) in [6.45, 7) is 4.36. The number of carboxylic acid groups (broad SMARTS) is 1. The summed E-state index contributed by atoms with van der Waals surface area (Å²) in [5.41, 5.74) is 5.82. The van der Waals surface area contributed by atoms with Crippen molar-refractivity contribution in [2.24, 2.45) is 0 Å². The van der Waals surface area contributed by atoms with Crippen LogP contribution in [0.3, 0.4) is 0 Å². The molecule has 4 heteroatoms. The Balaban J connectivity index is 1.53. The Hall–Kier alpha value is -3.71. The van der Waals surface area contributed by atoms with Gasteiger partial charge in [-0.3, -0.25) is 4.79 Å². The van der Waals surface area contributed by atoms with E-state index in [0.717, 1.165) is 35.5 Å². The zero-order valence-corrected chi connectivity index (χ0v) is 19.0. The highest BCUT2D eigenvalue weighted by atomic mass is 16.5. The molecule has 4 nitrogen and oxygen atoms in total. The highest BCUT2D eigenvalue weighted by Gasteiger charge is 2.26. The number of carbonyl (C=O) groups is 1. The lowest BCUT2D eigenvalue weighted by Gasteiger charge is -2.17. The van der Waals surface area contributed by atoms with Crippen LogP contribution in [-0.2, 0) is 11.2 Å². The maximum atomic E-state index is 11.2. The molecule has 3 aromatic rings. The Morgan fingerprint density at radius 1 is 1.09 bits per heavy atom. The molecule has 168 valence electrons. The maximum Gasteiger partial charge on any atom is 0.304 e. The largest absolute Gasteiger partial charge is 0.494 e. The van der Waals surface area contributed by atoms with Crippen LogP contribution >= 0.6 is 0 Å². The Labute approximate surface area is 195 Å². The molecule has 2 atom stereocenters. The van der Waals surface area contributed by atoms with Crippen LogP contribution in [0, 0.1) is 11.8 Å². The van der Waals surface area contributed by atoms with Gasteiger partial charge in [0.1, 0.15) is 17.6 Å². The van der Waals surface area contributed by atoms with Crippen molar-refractivity contribution < 1.29 is 19.4 Å². The molecule has 1 aliphatic rings. The summed E-state index contributed by atoms with van der Waals surface area (Å²) in [7, 11) is 0. The first-order valence-corrected chi connectivity index (χ1v) is 11.3. The van der Waals surface area contributed by atoms with Gasteiger partial charge in [-0.15, -0.1) is 5.92 Å². The van der Waals surface area contributed by atoms with E-state index in [-0.39, 0.29) is 18.4 Å². The molecule has 33 heavy (non-hydrogen) atoms. The summed E-state index contributed by atoms with van der Waals surface area (Å²) in [4.78, 5) is 11.2. The highest BCUT2D eigenvalue weighted by molar-refractivity contribution is 5.71. The fourth-order valence-electron chi connectivity index (χ4n) is 4.47. The minimum absolute atomic E-state index is 0.00822. The lowest BCUT2D eigenvalue weighted by molar-refractivity contribution is -0.137. The average molecular weight is 441 g/mol. The van der Waals surface area contributed by atoms with Crippen LogP contribution in [0.1, 0.15) is 55.4 Å². The number of carboxylic acids is 1. The standard InChI is InChI=1S/C29H28O4/c1-3-7-21(19-29(30)31)20-12-14-23(15-13-20)33-28-17-16-26-25(10-6-11-27(26)28)22-8-5-9-24(18-22)32-4-2/h5-6,8-15,18,21,28H,4,16-17,19H2,1-2H3,(H,30,31)/t21-,28?/m0/s1. The molecule has 4 rings (SSSR count). The van der Waals surface area contributed by atoms with Crippen molar-refractivity contribution in [1.82, 2.24) is 0 Å². The minimum Gasteiger partial charge on any atom is -0.494 e. The van der Waals surface area contributed by atoms with Crippen LogP contribution in [-0.4, -0.2) is 17.7 Å². The number of hydrogen-bond acceptors (Lipinski definition) is 3. The molecular formula is C29H28O4. The SMILES string of the molecule is CC#C[C@@H](CC(=O)O)c1ccc(OC2CCc3c(-c4cccc(OCC)c4)cccc32)cc1. The van der Waals surface area contributed by atoms with E-state index in [1.807, 2.05) is 43.3 Å². The van der Waals surface area contributed by atoms with E-state index in [1.54, 1.807) is 6.92 Å². The van der Waals surface area contributed by atoms with Crippen molar-refractivity contribution in [1.29, 1.82) is 0 Å². The zero-order valence-electron chi connectivity index (χ0n) is 19.0. The molecule has 3 aromatic carbocycles. The summed E-state index contributed by atoms with van der Waals surface area (Å²) in [5, 5.41) is 9.16. The Morgan fingerprint density at radius 3 is 2.61 bits per heavy atom. The molecule has 1 aliphatic carbocycles. The molecule has 0 bridgehead atoms. The lowest BCUT2D eigenvalue weighted by Crippen LogP contribution is -2.06. The zero-order chi connectivity index (χ0) is 23.2. The number of hydrogen-bond donors (Lipinski definition) is 1. The third-order valence-corrected chi connectivity index (χ3v) is 5.93. The Morgan fingerprint density at radius 2 is 1.88 bits per heavy atom. The van der Waals surface area contributed by atoms with Gasteiger partial charge < -0.3 is 14.6 Å². The number of ether oxygens (including phenoxy) is 2. The molecule has 0 spiro atoms. The molecule has 0 aliphatic heterocycles. The molecule has 0 radical (unpaired) electrons. The molecule has 1 unspecified atom stereocenters. The number of rotatable bonds is 8. The molecule has 1 N–H and O–H groups in total. The minimum atomic E-state index is -0.853. The summed E-state index contributed by atoms with van der Waals surface area (Å²) in [5.74, 6) is 6.31. The second-order valence-corrected chi connectivity index (χ2v) is 8.09. The molecule has 0 fully saturated rings. The second kappa shape index (κ2) is 10.3. The fraction of sp³-hybridized carbons (Fsp3) is 0.276. The van der Waals surface area contributed by atoms with Crippen LogP contribution < -0.4 is 9.47 Å². The van der Waals surface area contributed by atoms with Gasteiger partial charge in [-0.2, -0.15) is 0 Å². The van der Waals surface area contributed by atoms with Crippen LogP contribution in [0.15, 0.2) is 66.7 Å². The molecule has 0 aromatic heterocycles. The first-order chi connectivity index (χ1) is 16.1. The van der Waals surface area contributed by atoms with Gasteiger partial charge in [0.25, 0.3) is 0 Å². The van der Waals surface area contributed by atoms with Crippen LogP contribution in [0.25, 0.3) is 11.1 Å². The summed E-state index contributed by atoms with van der Waals surface area (Å²) in [6.07, 6.45) is 1.86. The van der Waals surface area contributed by atoms with Gasteiger partial charge in [0.2, 0.25) is 0 Å². The van der Waals surface area contributed by atoms with E-state index in [1.165, 1.54) is 16.7 Å². The average Bonchev–Trinajstić information content (AvgIpc) is 3.22. The van der Waals surface area contributed by atoms with Crippen molar-refractivity contribution in [3.8, 4) is 34.5 Å². The van der Waals surface area contributed by atoms with Crippen molar-refractivity contribution in [2.75, 3.05) is 6.61 Å². The van der Waals surface area contributed by atoms with E-state index in [4.69, 9.17) is 14.6 Å². The van der Waals surface area contributed by atoms with Crippen LogP contribution in [0.5, 0.6) is 11.5 Å². The second-order valence-electron chi connectivity index (χ2n) is 8.09. The lowest BCUT2D eigenvalue weighted by atomic mass is 9.96. The van der Waals surface area contributed by atoms with Crippen molar-refractivity contribution in [3.63, 3.8) is 0 Å². The maximum absolute atomic E-state index is 11.2. The monoisotopic (exact) mass is 440 g/mol. The van der Waals surface area contributed by atoms with Crippen molar-refractivity contribution in [3.05, 3.63) is 83.4 Å².